The Labute approximate surface area is 195 Å². The highest BCUT2D eigenvalue weighted by Gasteiger charge is 2.33. The van der Waals surface area contributed by atoms with E-state index in [4.69, 9.17) is 14.1 Å². The molecule has 166 valence electrons. The highest BCUT2D eigenvalue weighted by molar-refractivity contribution is 14.0. The normalized spacial score (nSPS) is 15.2. The van der Waals surface area contributed by atoms with Crippen LogP contribution in [0.1, 0.15) is 39.4 Å². The summed E-state index contributed by atoms with van der Waals surface area (Å²) in [5, 5.41) is 9.69. The van der Waals surface area contributed by atoms with Gasteiger partial charge in [0.2, 0.25) is 0 Å². The third-order valence-electron chi connectivity index (χ3n) is 4.18. The van der Waals surface area contributed by atoms with E-state index in [0.29, 0.717) is 12.5 Å². The summed E-state index contributed by atoms with van der Waals surface area (Å²) < 4.78 is 10.8. The van der Waals surface area contributed by atoms with Gasteiger partial charge in [-0.05, 0) is 57.9 Å². The number of carbonyl (C=O) groups excluding carboxylic acids is 1. The molecule has 0 aliphatic heterocycles. The molecule has 3 N–H and O–H groups in total. The predicted octanol–water partition coefficient (Wildman–Crippen LogP) is 3.64. The predicted molar refractivity (Wildman–Crippen MR) is 130 cm³/mol. The molecule has 0 radical (unpaired) electrons. The number of hydrogen-bond donors (Lipinski definition) is 3. The van der Waals surface area contributed by atoms with Gasteiger partial charge in [0.25, 0.3) is 0 Å². The van der Waals surface area contributed by atoms with Crippen LogP contribution in [0.3, 0.4) is 0 Å². The molecule has 1 heterocycles. The molecule has 1 atom stereocenters. The second-order valence-corrected chi connectivity index (χ2v) is 8.94. The Hall–Kier alpha value is -1.10. The lowest BCUT2D eigenvalue weighted by molar-refractivity contribution is 0.0500. The number of thioether (sulfide) groups is 1. The van der Waals surface area contributed by atoms with Crippen LogP contribution in [0.5, 0.6) is 0 Å². The summed E-state index contributed by atoms with van der Waals surface area (Å²) in [4.78, 5) is 16.8. The van der Waals surface area contributed by atoms with Crippen molar-refractivity contribution in [1.29, 1.82) is 0 Å². The number of nitrogens with zero attached hydrogens (tertiary/aromatic N) is 1. The van der Waals surface area contributed by atoms with Crippen molar-refractivity contribution in [2.75, 3.05) is 31.6 Å². The van der Waals surface area contributed by atoms with Gasteiger partial charge in [-0.15, -0.1) is 24.0 Å². The maximum absolute atomic E-state index is 12.1. The van der Waals surface area contributed by atoms with Crippen molar-refractivity contribution in [3.63, 3.8) is 0 Å². The van der Waals surface area contributed by atoms with Crippen LogP contribution in [0.4, 0.5) is 4.79 Å². The van der Waals surface area contributed by atoms with Crippen molar-refractivity contribution in [3.8, 4) is 0 Å². The molecule has 1 aliphatic carbocycles. The fourth-order valence-corrected chi connectivity index (χ4v) is 2.97. The van der Waals surface area contributed by atoms with Crippen LogP contribution in [-0.4, -0.2) is 55.3 Å². The van der Waals surface area contributed by atoms with Crippen LogP contribution in [0, 0.1) is 5.92 Å². The molecule has 1 aromatic heterocycles. The highest BCUT2D eigenvalue weighted by Crippen LogP contribution is 2.33. The zero-order valence-corrected chi connectivity index (χ0v) is 21.0. The number of halogens is 1. The number of amides is 1. The first kappa shape index (κ1) is 25.9. The molecule has 2 rings (SSSR count). The van der Waals surface area contributed by atoms with Crippen molar-refractivity contribution in [3.05, 3.63) is 24.2 Å². The monoisotopic (exact) mass is 538 g/mol. The van der Waals surface area contributed by atoms with Gasteiger partial charge in [0.1, 0.15) is 11.4 Å². The molecule has 0 aromatic carbocycles. The van der Waals surface area contributed by atoms with E-state index in [2.05, 4.69) is 22.2 Å². The lowest BCUT2D eigenvalue weighted by Crippen LogP contribution is -2.44. The molecule has 1 aromatic rings. The van der Waals surface area contributed by atoms with Gasteiger partial charge >= 0.3 is 6.09 Å². The van der Waals surface area contributed by atoms with Gasteiger partial charge in [-0.25, -0.2) is 4.79 Å². The molecule has 1 fully saturated rings. The largest absolute Gasteiger partial charge is 0.469 e. The zero-order chi connectivity index (χ0) is 20.4. The average Bonchev–Trinajstić information content (AvgIpc) is 3.33. The van der Waals surface area contributed by atoms with Gasteiger partial charge < -0.3 is 25.1 Å². The van der Waals surface area contributed by atoms with Crippen molar-refractivity contribution in [1.82, 2.24) is 16.0 Å². The van der Waals surface area contributed by atoms with E-state index in [1.165, 1.54) is 0 Å². The molecule has 0 saturated heterocycles. The number of nitrogens with one attached hydrogen (secondary N) is 3. The summed E-state index contributed by atoms with van der Waals surface area (Å²) in [6, 6.07) is 3.86. The number of furan rings is 1. The molecule has 7 nitrogen and oxygen atoms in total. The van der Waals surface area contributed by atoms with Crippen molar-refractivity contribution in [2.45, 2.75) is 51.7 Å². The van der Waals surface area contributed by atoms with Crippen LogP contribution in [0.2, 0.25) is 0 Å². The second kappa shape index (κ2) is 13.3. The van der Waals surface area contributed by atoms with Gasteiger partial charge in [-0.2, -0.15) is 11.8 Å². The Balaban J connectivity index is 0.00000420. The minimum atomic E-state index is -0.501. The van der Waals surface area contributed by atoms with Gasteiger partial charge in [-0.3, -0.25) is 4.99 Å². The van der Waals surface area contributed by atoms with Crippen molar-refractivity contribution >= 4 is 47.8 Å². The minimum absolute atomic E-state index is 0. The fourth-order valence-electron chi connectivity index (χ4n) is 2.66. The maximum Gasteiger partial charge on any atom is 0.407 e. The van der Waals surface area contributed by atoms with E-state index >= 15 is 0 Å². The van der Waals surface area contributed by atoms with Gasteiger partial charge in [0.15, 0.2) is 5.96 Å². The molecular weight excluding hydrogens is 503 g/mol. The fraction of sp³-hybridized carbons (Fsp3) is 0.700. The van der Waals surface area contributed by atoms with E-state index in [1.807, 2.05) is 32.9 Å². The summed E-state index contributed by atoms with van der Waals surface area (Å²) in [5.74, 6) is 3.18. The third kappa shape index (κ3) is 11.6. The topological polar surface area (TPSA) is 87.9 Å². The number of guanidine groups is 1. The van der Waals surface area contributed by atoms with Crippen molar-refractivity contribution < 1.29 is 13.9 Å². The standard InChI is InChI=1S/C20H34N4O3S.HI/c1-20(2,3)27-19(25)24-17(15-7-8-15)14-23-18(22-11-13-28-4)21-10-9-16-6-5-12-26-16;/h5-6,12,15,17H,7-11,13-14H2,1-4H3,(H,24,25)(H2,21,22,23);1H. The Morgan fingerprint density at radius 2 is 2.07 bits per heavy atom. The second-order valence-electron chi connectivity index (χ2n) is 7.96. The molecule has 1 saturated carbocycles. The van der Waals surface area contributed by atoms with Crippen LogP contribution in [0.15, 0.2) is 27.8 Å². The van der Waals surface area contributed by atoms with Crippen LogP contribution >= 0.6 is 35.7 Å². The highest BCUT2D eigenvalue weighted by atomic mass is 127. The summed E-state index contributed by atoms with van der Waals surface area (Å²) >= 11 is 1.78. The molecule has 1 aliphatic rings. The summed E-state index contributed by atoms with van der Waals surface area (Å²) in [7, 11) is 0. The summed E-state index contributed by atoms with van der Waals surface area (Å²) in [5.41, 5.74) is -0.501. The molecule has 1 unspecified atom stereocenters. The Morgan fingerprint density at radius 3 is 2.66 bits per heavy atom. The lowest BCUT2D eigenvalue weighted by atomic mass is 10.2. The van der Waals surface area contributed by atoms with Crippen LogP contribution in [-0.2, 0) is 11.2 Å². The SMILES string of the molecule is CSCCNC(=NCC(NC(=O)OC(C)(C)C)C1CC1)NCCc1ccco1.I. The van der Waals surface area contributed by atoms with Gasteiger partial charge in [-0.1, -0.05) is 0 Å². The molecule has 9 heteroatoms. The number of alkyl carbamates (subject to hydrolysis) is 1. The Kier molecular flexibility index (Phi) is 11.9. The lowest BCUT2D eigenvalue weighted by Gasteiger charge is -2.23. The van der Waals surface area contributed by atoms with E-state index < -0.39 is 5.60 Å². The number of hydrogen-bond acceptors (Lipinski definition) is 5. The quantitative estimate of drug-likeness (QED) is 0.183. The first-order chi connectivity index (χ1) is 13.4. The molecular formula is C20H35IN4O3S. The summed E-state index contributed by atoms with van der Waals surface area (Å²) in [6.07, 6.45) is 6.43. The molecule has 1 amide bonds. The maximum atomic E-state index is 12.1. The Morgan fingerprint density at radius 1 is 1.34 bits per heavy atom. The number of ether oxygens (including phenoxy) is 1. The Bertz CT molecular complexity index is 616. The first-order valence-electron chi connectivity index (χ1n) is 9.90. The smallest absolute Gasteiger partial charge is 0.407 e. The van der Waals surface area contributed by atoms with E-state index in [1.54, 1.807) is 18.0 Å². The van der Waals surface area contributed by atoms with E-state index in [0.717, 1.165) is 49.8 Å². The zero-order valence-electron chi connectivity index (χ0n) is 17.8. The molecule has 0 spiro atoms. The minimum Gasteiger partial charge on any atom is -0.469 e. The van der Waals surface area contributed by atoms with E-state index in [-0.39, 0.29) is 36.1 Å². The van der Waals surface area contributed by atoms with Crippen molar-refractivity contribution in [2.24, 2.45) is 10.9 Å². The summed E-state index contributed by atoms with van der Waals surface area (Å²) in [6.45, 7) is 7.70. The number of rotatable bonds is 10. The van der Waals surface area contributed by atoms with E-state index in [9.17, 15) is 4.79 Å². The van der Waals surface area contributed by atoms with Crippen LogP contribution < -0.4 is 16.0 Å². The average molecular weight is 538 g/mol. The van der Waals surface area contributed by atoms with Crippen LogP contribution in [0.25, 0.3) is 0 Å². The molecule has 0 bridgehead atoms. The number of aliphatic imine (C=N–C) groups is 1. The first-order valence-corrected chi connectivity index (χ1v) is 11.3. The number of carbonyl (C=O) groups is 1. The van der Waals surface area contributed by atoms with Gasteiger partial charge in [0, 0.05) is 25.3 Å². The third-order valence-corrected chi connectivity index (χ3v) is 4.79. The molecule has 29 heavy (non-hydrogen) atoms. The van der Waals surface area contributed by atoms with Gasteiger partial charge in [0.05, 0.1) is 18.8 Å².